The highest BCUT2D eigenvalue weighted by molar-refractivity contribution is 5.99. The van der Waals surface area contributed by atoms with Crippen LogP contribution in [0.5, 0.6) is 0 Å². The monoisotopic (exact) mass is 267 g/mol. The molecule has 2 rings (SSSR count). The van der Waals surface area contributed by atoms with Crippen LogP contribution >= 0.6 is 0 Å². The van der Waals surface area contributed by atoms with Gasteiger partial charge in [0, 0.05) is 12.0 Å². The molecule has 2 aromatic rings. The standard InChI is InChI=1S/C17H14FNO/c18-16(17(20)14-9-5-2-6-10-14)11-15(12-19)13-7-3-1-4-8-13/h1-10,15-16H,11H2. The lowest BCUT2D eigenvalue weighted by Gasteiger charge is -2.12. The number of rotatable bonds is 5. The maximum absolute atomic E-state index is 14.1. The molecule has 0 aliphatic rings. The summed E-state index contributed by atoms with van der Waals surface area (Å²) in [5, 5.41) is 9.15. The predicted octanol–water partition coefficient (Wildman–Crippen LogP) is 3.90. The summed E-state index contributed by atoms with van der Waals surface area (Å²) in [7, 11) is 0. The first-order valence-corrected chi connectivity index (χ1v) is 6.40. The number of alkyl halides is 1. The molecule has 0 amide bonds. The summed E-state index contributed by atoms with van der Waals surface area (Å²) >= 11 is 0. The zero-order valence-electron chi connectivity index (χ0n) is 10.9. The second-order valence-corrected chi connectivity index (χ2v) is 4.53. The molecule has 0 bridgehead atoms. The van der Waals surface area contributed by atoms with Crippen molar-refractivity contribution in [3.63, 3.8) is 0 Å². The minimum Gasteiger partial charge on any atom is -0.291 e. The van der Waals surface area contributed by atoms with E-state index >= 15 is 0 Å². The van der Waals surface area contributed by atoms with Crippen molar-refractivity contribution in [2.24, 2.45) is 0 Å². The minimum atomic E-state index is -1.66. The van der Waals surface area contributed by atoms with Gasteiger partial charge in [-0.05, 0) is 5.56 Å². The molecule has 0 spiro atoms. The zero-order chi connectivity index (χ0) is 14.4. The van der Waals surface area contributed by atoms with Crippen LogP contribution < -0.4 is 0 Å². The highest BCUT2D eigenvalue weighted by Crippen LogP contribution is 2.23. The number of ketones is 1. The van der Waals surface area contributed by atoms with Crippen LogP contribution in [0.3, 0.4) is 0 Å². The van der Waals surface area contributed by atoms with Crippen molar-refractivity contribution in [1.29, 1.82) is 5.26 Å². The molecule has 2 atom stereocenters. The molecule has 0 saturated heterocycles. The Bertz CT molecular complexity index is 604. The van der Waals surface area contributed by atoms with Gasteiger partial charge in [0.15, 0.2) is 12.0 Å². The van der Waals surface area contributed by atoms with Gasteiger partial charge in [-0.1, -0.05) is 60.7 Å². The van der Waals surface area contributed by atoms with E-state index in [0.717, 1.165) is 5.56 Å². The maximum Gasteiger partial charge on any atom is 0.196 e. The van der Waals surface area contributed by atoms with Crippen LogP contribution in [0.25, 0.3) is 0 Å². The molecule has 0 heterocycles. The van der Waals surface area contributed by atoms with Crippen LogP contribution in [0.2, 0.25) is 0 Å². The van der Waals surface area contributed by atoms with Crippen molar-refractivity contribution in [2.75, 3.05) is 0 Å². The summed E-state index contributed by atoms with van der Waals surface area (Å²) in [5.41, 5.74) is 1.07. The van der Waals surface area contributed by atoms with E-state index in [1.54, 1.807) is 54.6 Å². The molecule has 0 aliphatic carbocycles. The number of carbonyl (C=O) groups excluding carboxylic acids is 1. The smallest absolute Gasteiger partial charge is 0.196 e. The lowest BCUT2D eigenvalue weighted by atomic mass is 9.92. The van der Waals surface area contributed by atoms with Crippen molar-refractivity contribution in [1.82, 2.24) is 0 Å². The molecule has 0 radical (unpaired) electrons. The highest BCUT2D eigenvalue weighted by Gasteiger charge is 2.24. The van der Waals surface area contributed by atoms with Gasteiger partial charge in [0.1, 0.15) is 0 Å². The number of nitriles is 1. The SMILES string of the molecule is N#CC(CC(F)C(=O)c1ccccc1)c1ccccc1. The summed E-state index contributed by atoms with van der Waals surface area (Å²) in [4.78, 5) is 11.9. The average Bonchev–Trinajstić information content (AvgIpc) is 2.53. The van der Waals surface area contributed by atoms with Crippen molar-refractivity contribution in [3.05, 3.63) is 71.8 Å². The molecule has 20 heavy (non-hydrogen) atoms. The van der Waals surface area contributed by atoms with E-state index in [2.05, 4.69) is 6.07 Å². The van der Waals surface area contributed by atoms with Gasteiger partial charge < -0.3 is 0 Å². The van der Waals surface area contributed by atoms with Crippen molar-refractivity contribution >= 4 is 5.78 Å². The fraction of sp³-hybridized carbons (Fsp3) is 0.176. The molecule has 100 valence electrons. The number of benzene rings is 2. The molecule has 0 saturated carbocycles. The van der Waals surface area contributed by atoms with Crippen molar-refractivity contribution < 1.29 is 9.18 Å². The van der Waals surface area contributed by atoms with E-state index in [1.165, 1.54) is 0 Å². The molecule has 0 aromatic heterocycles. The summed E-state index contributed by atoms with van der Waals surface area (Å²) in [5.74, 6) is -1.18. The van der Waals surface area contributed by atoms with Gasteiger partial charge in [-0.25, -0.2) is 4.39 Å². The number of halogens is 1. The number of hydrogen-bond acceptors (Lipinski definition) is 2. The van der Waals surface area contributed by atoms with Crippen LogP contribution in [0, 0.1) is 11.3 Å². The maximum atomic E-state index is 14.1. The molecule has 0 N–H and O–H groups in total. The first kappa shape index (κ1) is 14.0. The Morgan fingerprint density at radius 1 is 1.05 bits per heavy atom. The van der Waals surface area contributed by atoms with Gasteiger partial charge in [0.05, 0.1) is 12.0 Å². The summed E-state index contributed by atoms with van der Waals surface area (Å²) in [6.07, 6.45) is -1.78. The molecule has 3 heteroatoms. The van der Waals surface area contributed by atoms with Gasteiger partial charge in [-0.15, -0.1) is 0 Å². The van der Waals surface area contributed by atoms with Gasteiger partial charge >= 0.3 is 0 Å². The highest BCUT2D eigenvalue weighted by atomic mass is 19.1. The van der Waals surface area contributed by atoms with Gasteiger partial charge in [-0.2, -0.15) is 5.26 Å². The fourth-order valence-corrected chi connectivity index (χ4v) is 2.05. The normalized spacial score (nSPS) is 13.2. The Morgan fingerprint density at radius 2 is 1.60 bits per heavy atom. The number of carbonyl (C=O) groups is 1. The van der Waals surface area contributed by atoms with Gasteiger partial charge in [0.25, 0.3) is 0 Å². The number of nitrogens with zero attached hydrogens (tertiary/aromatic N) is 1. The molecule has 0 fully saturated rings. The van der Waals surface area contributed by atoms with Crippen LogP contribution in [-0.2, 0) is 0 Å². The molecular formula is C17H14FNO. The third-order valence-corrected chi connectivity index (χ3v) is 3.14. The Kier molecular flexibility index (Phi) is 4.62. The minimum absolute atomic E-state index is 0.117. The first-order chi connectivity index (χ1) is 9.72. The zero-order valence-corrected chi connectivity index (χ0v) is 10.9. The second kappa shape index (κ2) is 6.63. The summed E-state index contributed by atoms with van der Waals surface area (Å²) in [6, 6.07) is 19.4. The van der Waals surface area contributed by atoms with Gasteiger partial charge in [-0.3, -0.25) is 4.79 Å². The Labute approximate surface area is 117 Å². The van der Waals surface area contributed by atoms with E-state index in [4.69, 9.17) is 5.26 Å². The molecule has 2 aromatic carbocycles. The van der Waals surface area contributed by atoms with E-state index < -0.39 is 17.9 Å². The Hall–Kier alpha value is -2.47. The predicted molar refractivity (Wildman–Crippen MR) is 75.1 cm³/mol. The van der Waals surface area contributed by atoms with E-state index in [9.17, 15) is 9.18 Å². The third-order valence-electron chi connectivity index (χ3n) is 3.14. The molecule has 2 nitrogen and oxygen atoms in total. The van der Waals surface area contributed by atoms with E-state index in [-0.39, 0.29) is 6.42 Å². The Balaban J connectivity index is 2.09. The van der Waals surface area contributed by atoms with Crippen molar-refractivity contribution in [3.8, 4) is 6.07 Å². The number of hydrogen-bond donors (Lipinski definition) is 0. The first-order valence-electron chi connectivity index (χ1n) is 6.40. The van der Waals surface area contributed by atoms with Crippen LogP contribution in [0.15, 0.2) is 60.7 Å². The summed E-state index contributed by atoms with van der Waals surface area (Å²) < 4.78 is 14.1. The average molecular weight is 267 g/mol. The van der Waals surface area contributed by atoms with Crippen molar-refractivity contribution in [2.45, 2.75) is 18.5 Å². The van der Waals surface area contributed by atoms with Crippen LogP contribution in [-0.4, -0.2) is 12.0 Å². The lowest BCUT2D eigenvalue weighted by Crippen LogP contribution is -2.18. The molecule has 2 unspecified atom stereocenters. The van der Waals surface area contributed by atoms with Gasteiger partial charge in [0.2, 0.25) is 0 Å². The fourth-order valence-electron chi connectivity index (χ4n) is 2.05. The van der Waals surface area contributed by atoms with Crippen LogP contribution in [0.1, 0.15) is 28.3 Å². The third kappa shape index (κ3) is 3.30. The largest absolute Gasteiger partial charge is 0.291 e. The Morgan fingerprint density at radius 3 is 2.15 bits per heavy atom. The quantitative estimate of drug-likeness (QED) is 0.771. The van der Waals surface area contributed by atoms with E-state index in [0.29, 0.717) is 5.56 Å². The number of Topliss-reactive ketones (excluding diaryl/α,β-unsaturated/α-hetero) is 1. The van der Waals surface area contributed by atoms with Crippen LogP contribution in [0.4, 0.5) is 4.39 Å². The second-order valence-electron chi connectivity index (χ2n) is 4.53. The topological polar surface area (TPSA) is 40.9 Å². The molecular weight excluding hydrogens is 253 g/mol. The van der Waals surface area contributed by atoms with E-state index in [1.807, 2.05) is 6.07 Å². The summed E-state index contributed by atoms with van der Waals surface area (Å²) in [6.45, 7) is 0. The molecule has 0 aliphatic heterocycles. The lowest BCUT2D eigenvalue weighted by molar-refractivity contribution is 0.0866.